The zero-order chi connectivity index (χ0) is 15.4. The summed E-state index contributed by atoms with van der Waals surface area (Å²) >= 11 is 0. The Labute approximate surface area is 141 Å². The van der Waals surface area contributed by atoms with Gasteiger partial charge in [0, 0.05) is 18.5 Å². The molecule has 1 fully saturated rings. The lowest BCUT2D eigenvalue weighted by Gasteiger charge is -2.25. The molecule has 23 heavy (non-hydrogen) atoms. The molecule has 0 aliphatic carbocycles. The van der Waals surface area contributed by atoms with Crippen LogP contribution >= 0.6 is 12.4 Å². The van der Waals surface area contributed by atoms with Crippen molar-refractivity contribution in [3.05, 3.63) is 48.0 Å². The number of hydrogen-bond acceptors (Lipinski definition) is 3. The lowest BCUT2D eigenvalue weighted by atomic mass is 10.1. The van der Waals surface area contributed by atoms with E-state index in [9.17, 15) is 9.18 Å². The Morgan fingerprint density at radius 3 is 2.43 bits per heavy atom. The SMILES string of the molecule is Cl.O=C(CCN1CCCCC1)c1ccc(-c2ccc(F)cc2)o1. The molecule has 3 nitrogen and oxygen atoms in total. The summed E-state index contributed by atoms with van der Waals surface area (Å²) in [6.07, 6.45) is 4.23. The quantitative estimate of drug-likeness (QED) is 0.749. The van der Waals surface area contributed by atoms with Gasteiger partial charge in [0.05, 0.1) is 0 Å². The number of carbonyl (C=O) groups excluding carboxylic acids is 1. The molecule has 2 aromatic rings. The Bertz CT molecular complexity index is 633. The number of nitrogens with zero attached hydrogens (tertiary/aromatic N) is 1. The molecule has 3 rings (SSSR count). The summed E-state index contributed by atoms with van der Waals surface area (Å²) in [7, 11) is 0. The Hall–Kier alpha value is -1.65. The van der Waals surface area contributed by atoms with Gasteiger partial charge in [-0.05, 0) is 62.3 Å². The fourth-order valence-corrected chi connectivity index (χ4v) is 2.82. The molecule has 5 heteroatoms. The van der Waals surface area contributed by atoms with Crippen molar-refractivity contribution < 1.29 is 13.6 Å². The fourth-order valence-electron chi connectivity index (χ4n) is 2.82. The molecule has 2 heterocycles. The minimum Gasteiger partial charge on any atom is -0.453 e. The molecule has 1 aromatic heterocycles. The number of carbonyl (C=O) groups is 1. The Morgan fingerprint density at radius 2 is 1.74 bits per heavy atom. The molecule has 0 spiro atoms. The smallest absolute Gasteiger partial charge is 0.199 e. The third-order valence-electron chi connectivity index (χ3n) is 4.11. The largest absolute Gasteiger partial charge is 0.453 e. The van der Waals surface area contributed by atoms with Crippen LogP contribution in [-0.2, 0) is 0 Å². The highest BCUT2D eigenvalue weighted by molar-refractivity contribution is 5.94. The maximum atomic E-state index is 12.9. The molecule has 0 radical (unpaired) electrons. The zero-order valence-corrected chi connectivity index (χ0v) is 13.8. The van der Waals surface area contributed by atoms with E-state index in [0.29, 0.717) is 17.9 Å². The molecule has 0 atom stereocenters. The standard InChI is InChI=1S/C18H20FNO2.ClH/c19-15-6-4-14(5-7-15)17-8-9-18(22-17)16(21)10-13-20-11-2-1-3-12-20;/h4-9H,1-3,10-13H2;1H. The van der Waals surface area contributed by atoms with Crippen molar-refractivity contribution in [2.24, 2.45) is 0 Å². The number of hydrogen-bond donors (Lipinski definition) is 0. The average Bonchev–Trinajstić information content (AvgIpc) is 3.04. The van der Waals surface area contributed by atoms with Crippen molar-refractivity contribution in [3.63, 3.8) is 0 Å². The maximum absolute atomic E-state index is 12.9. The Balaban J connectivity index is 0.00000192. The first kappa shape index (κ1) is 17.7. The molecule has 1 aliphatic heterocycles. The fraction of sp³-hybridized carbons (Fsp3) is 0.389. The van der Waals surface area contributed by atoms with Gasteiger partial charge < -0.3 is 9.32 Å². The summed E-state index contributed by atoms with van der Waals surface area (Å²) in [4.78, 5) is 14.5. The van der Waals surface area contributed by atoms with E-state index in [0.717, 1.165) is 25.2 Å². The lowest BCUT2D eigenvalue weighted by molar-refractivity contribution is 0.0932. The van der Waals surface area contributed by atoms with Crippen molar-refractivity contribution in [1.82, 2.24) is 4.90 Å². The molecule has 1 saturated heterocycles. The van der Waals surface area contributed by atoms with Gasteiger partial charge in [-0.3, -0.25) is 4.79 Å². The van der Waals surface area contributed by atoms with E-state index < -0.39 is 0 Å². The highest BCUT2D eigenvalue weighted by Crippen LogP contribution is 2.23. The van der Waals surface area contributed by atoms with E-state index >= 15 is 0 Å². The van der Waals surface area contributed by atoms with Crippen LogP contribution in [0.15, 0.2) is 40.8 Å². The minimum atomic E-state index is -0.284. The number of furan rings is 1. The molecule has 0 unspecified atom stereocenters. The summed E-state index contributed by atoms with van der Waals surface area (Å²) in [5, 5.41) is 0. The normalized spacial score (nSPS) is 15.2. The van der Waals surface area contributed by atoms with Gasteiger partial charge in [-0.15, -0.1) is 12.4 Å². The second-order valence-electron chi connectivity index (χ2n) is 5.75. The van der Waals surface area contributed by atoms with Crippen LogP contribution in [-0.4, -0.2) is 30.3 Å². The van der Waals surface area contributed by atoms with Gasteiger partial charge >= 0.3 is 0 Å². The average molecular weight is 338 g/mol. The Kier molecular flexibility index (Phi) is 6.37. The molecular formula is C18H21ClFNO2. The number of ketones is 1. The summed E-state index contributed by atoms with van der Waals surface area (Å²) in [5.41, 5.74) is 0.775. The van der Waals surface area contributed by atoms with E-state index in [-0.39, 0.29) is 24.0 Å². The molecular weight excluding hydrogens is 317 g/mol. The molecule has 1 aliphatic rings. The number of halogens is 2. The van der Waals surface area contributed by atoms with E-state index in [1.54, 1.807) is 24.3 Å². The topological polar surface area (TPSA) is 33.5 Å². The van der Waals surface area contributed by atoms with Crippen LogP contribution in [0.4, 0.5) is 4.39 Å². The number of piperidine rings is 1. The number of benzene rings is 1. The van der Waals surface area contributed by atoms with Crippen LogP contribution < -0.4 is 0 Å². The second-order valence-corrected chi connectivity index (χ2v) is 5.75. The summed E-state index contributed by atoms with van der Waals surface area (Å²) in [6.45, 7) is 2.98. The molecule has 0 amide bonds. The zero-order valence-electron chi connectivity index (χ0n) is 13.0. The summed E-state index contributed by atoms with van der Waals surface area (Å²) < 4.78 is 18.5. The third-order valence-corrected chi connectivity index (χ3v) is 4.11. The van der Waals surface area contributed by atoms with E-state index in [1.165, 1.54) is 31.4 Å². The predicted molar refractivity (Wildman–Crippen MR) is 90.6 cm³/mol. The molecule has 0 saturated carbocycles. The first-order chi connectivity index (χ1) is 10.7. The van der Waals surface area contributed by atoms with Crippen molar-refractivity contribution >= 4 is 18.2 Å². The number of rotatable bonds is 5. The highest BCUT2D eigenvalue weighted by atomic mass is 35.5. The van der Waals surface area contributed by atoms with Gasteiger partial charge in [-0.25, -0.2) is 4.39 Å². The van der Waals surface area contributed by atoms with Crippen molar-refractivity contribution in [2.45, 2.75) is 25.7 Å². The number of Topliss-reactive ketones (excluding diaryl/α,β-unsaturated/α-hetero) is 1. The first-order valence-corrected chi connectivity index (χ1v) is 7.84. The first-order valence-electron chi connectivity index (χ1n) is 7.84. The van der Waals surface area contributed by atoms with Crippen molar-refractivity contribution in [1.29, 1.82) is 0 Å². The van der Waals surface area contributed by atoms with E-state index in [4.69, 9.17) is 4.42 Å². The van der Waals surface area contributed by atoms with E-state index in [1.807, 2.05) is 0 Å². The summed E-state index contributed by atoms with van der Waals surface area (Å²) in [6, 6.07) is 9.54. The van der Waals surface area contributed by atoms with Crippen LogP contribution in [0, 0.1) is 5.82 Å². The van der Waals surface area contributed by atoms with Crippen LogP contribution in [0.2, 0.25) is 0 Å². The Morgan fingerprint density at radius 1 is 1.04 bits per heavy atom. The molecule has 0 N–H and O–H groups in total. The highest BCUT2D eigenvalue weighted by Gasteiger charge is 2.15. The molecule has 1 aromatic carbocycles. The van der Waals surface area contributed by atoms with Gasteiger partial charge in [0.15, 0.2) is 11.5 Å². The second kappa shape index (κ2) is 8.27. The van der Waals surface area contributed by atoms with Crippen LogP contribution in [0.3, 0.4) is 0 Å². The van der Waals surface area contributed by atoms with E-state index in [2.05, 4.69) is 4.90 Å². The van der Waals surface area contributed by atoms with Gasteiger partial charge in [-0.2, -0.15) is 0 Å². The summed E-state index contributed by atoms with van der Waals surface area (Å²) in [5.74, 6) is 0.727. The van der Waals surface area contributed by atoms with Crippen molar-refractivity contribution in [3.8, 4) is 11.3 Å². The van der Waals surface area contributed by atoms with Crippen molar-refractivity contribution in [2.75, 3.05) is 19.6 Å². The van der Waals surface area contributed by atoms with Crippen LogP contribution in [0.5, 0.6) is 0 Å². The molecule has 124 valence electrons. The monoisotopic (exact) mass is 337 g/mol. The number of likely N-dealkylation sites (tertiary alicyclic amines) is 1. The van der Waals surface area contributed by atoms with Gasteiger partial charge in [0.1, 0.15) is 11.6 Å². The van der Waals surface area contributed by atoms with Crippen LogP contribution in [0.25, 0.3) is 11.3 Å². The van der Waals surface area contributed by atoms with Gasteiger partial charge in [0.25, 0.3) is 0 Å². The third kappa shape index (κ3) is 4.66. The minimum absolute atomic E-state index is 0. The lowest BCUT2D eigenvalue weighted by Crippen LogP contribution is -2.31. The van der Waals surface area contributed by atoms with Crippen LogP contribution in [0.1, 0.15) is 36.2 Å². The predicted octanol–water partition coefficient (Wildman–Crippen LogP) is 4.57. The van der Waals surface area contributed by atoms with Gasteiger partial charge in [0.2, 0.25) is 0 Å². The van der Waals surface area contributed by atoms with Gasteiger partial charge in [-0.1, -0.05) is 6.42 Å². The molecule has 0 bridgehead atoms. The maximum Gasteiger partial charge on any atom is 0.199 e.